The minimum atomic E-state index is 0.451. The average molecular weight is 284 g/mol. The van der Waals surface area contributed by atoms with E-state index in [0.717, 1.165) is 24.3 Å². The number of benzene rings is 1. The second-order valence-corrected chi connectivity index (χ2v) is 5.28. The smallest absolute Gasteiger partial charge is 0.221 e. The Labute approximate surface area is 124 Å². The van der Waals surface area contributed by atoms with Gasteiger partial charge in [0.1, 0.15) is 12.1 Å². The monoisotopic (exact) mass is 284 g/mol. The molecule has 110 valence electrons. The summed E-state index contributed by atoms with van der Waals surface area (Å²) in [5, 5.41) is 0. The zero-order valence-corrected chi connectivity index (χ0v) is 12.4. The predicted molar refractivity (Wildman–Crippen MR) is 83.2 cm³/mol. The third kappa shape index (κ3) is 2.34. The number of aromatic nitrogens is 2. The molecule has 0 fully saturated rings. The standard InChI is InChI=1S/C16H20N4O/c1-11-15(18-10-19-16(11)21-2)20-9-12(7-8-17)13-5-3-4-6-14(13)20/h3-6,10,12H,7-9,17H2,1-2H3. The number of nitrogens with two attached hydrogens (primary N) is 1. The molecule has 1 unspecified atom stereocenters. The second kappa shape index (κ2) is 5.69. The van der Waals surface area contributed by atoms with Crippen LogP contribution < -0.4 is 15.4 Å². The largest absolute Gasteiger partial charge is 0.481 e. The van der Waals surface area contributed by atoms with Gasteiger partial charge in [0.15, 0.2) is 0 Å². The van der Waals surface area contributed by atoms with Crippen molar-refractivity contribution in [3.05, 3.63) is 41.7 Å². The van der Waals surface area contributed by atoms with Gasteiger partial charge in [0.2, 0.25) is 5.88 Å². The molecule has 0 amide bonds. The molecule has 0 saturated carbocycles. The van der Waals surface area contributed by atoms with Crippen molar-refractivity contribution in [3.8, 4) is 5.88 Å². The number of para-hydroxylation sites is 1. The lowest BCUT2D eigenvalue weighted by Gasteiger charge is -2.21. The van der Waals surface area contributed by atoms with E-state index in [1.165, 1.54) is 11.3 Å². The summed E-state index contributed by atoms with van der Waals surface area (Å²) in [5.74, 6) is 1.99. The highest BCUT2D eigenvalue weighted by molar-refractivity contribution is 5.71. The van der Waals surface area contributed by atoms with Gasteiger partial charge in [0, 0.05) is 18.2 Å². The maximum Gasteiger partial charge on any atom is 0.221 e. The first-order valence-electron chi connectivity index (χ1n) is 7.18. The quantitative estimate of drug-likeness (QED) is 0.934. The van der Waals surface area contributed by atoms with Crippen LogP contribution in [0.4, 0.5) is 11.5 Å². The number of fused-ring (bicyclic) bond motifs is 1. The fourth-order valence-corrected chi connectivity index (χ4v) is 3.05. The molecular weight excluding hydrogens is 264 g/mol. The molecule has 3 rings (SSSR count). The second-order valence-electron chi connectivity index (χ2n) is 5.28. The van der Waals surface area contributed by atoms with Crippen LogP contribution in [-0.2, 0) is 0 Å². The van der Waals surface area contributed by atoms with Gasteiger partial charge in [0.25, 0.3) is 0 Å². The lowest BCUT2D eigenvalue weighted by Crippen LogP contribution is -2.19. The Morgan fingerprint density at radius 3 is 2.90 bits per heavy atom. The third-order valence-corrected chi connectivity index (χ3v) is 4.05. The van der Waals surface area contributed by atoms with Crippen LogP contribution in [0.1, 0.15) is 23.5 Å². The van der Waals surface area contributed by atoms with Gasteiger partial charge >= 0.3 is 0 Å². The van der Waals surface area contributed by atoms with Crippen molar-refractivity contribution in [2.75, 3.05) is 25.1 Å². The van der Waals surface area contributed by atoms with Gasteiger partial charge in [-0.05, 0) is 31.5 Å². The molecule has 0 saturated heterocycles. The van der Waals surface area contributed by atoms with Gasteiger partial charge in [-0.1, -0.05) is 18.2 Å². The van der Waals surface area contributed by atoms with Crippen molar-refractivity contribution in [3.63, 3.8) is 0 Å². The normalized spacial score (nSPS) is 16.9. The zero-order valence-electron chi connectivity index (χ0n) is 12.4. The molecule has 21 heavy (non-hydrogen) atoms. The Morgan fingerprint density at radius 2 is 2.14 bits per heavy atom. The van der Waals surface area contributed by atoms with E-state index >= 15 is 0 Å². The summed E-state index contributed by atoms with van der Waals surface area (Å²) in [5.41, 5.74) is 9.28. The van der Waals surface area contributed by atoms with Crippen molar-refractivity contribution in [2.24, 2.45) is 5.73 Å². The van der Waals surface area contributed by atoms with Gasteiger partial charge < -0.3 is 15.4 Å². The van der Waals surface area contributed by atoms with Crippen LogP contribution in [-0.4, -0.2) is 30.2 Å². The summed E-state index contributed by atoms with van der Waals surface area (Å²) in [6.45, 7) is 3.59. The van der Waals surface area contributed by atoms with Gasteiger partial charge in [-0.2, -0.15) is 0 Å². The Morgan fingerprint density at radius 1 is 1.33 bits per heavy atom. The van der Waals surface area contributed by atoms with E-state index in [0.29, 0.717) is 18.3 Å². The number of hydrogen-bond donors (Lipinski definition) is 1. The predicted octanol–water partition coefficient (Wildman–Crippen LogP) is 2.38. The molecule has 2 heterocycles. The molecule has 1 aromatic carbocycles. The van der Waals surface area contributed by atoms with Crippen LogP contribution in [0.3, 0.4) is 0 Å². The van der Waals surface area contributed by atoms with Crippen LogP contribution in [0, 0.1) is 6.92 Å². The molecule has 2 N–H and O–H groups in total. The molecule has 0 radical (unpaired) electrons. The molecule has 1 aliphatic heterocycles. The summed E-state index contributed by atoms with van der Waals surface area (Å²) in [4.78, 5) is 10.9. The molecule has 1 aromatic heterocycles. The number of ether oxygens (including phenoxy) is 1. The van der Waals surface area contributed by atoms with Crippen molar-refractivity contribution < 1.29 is 4.74 Å². The summed E-state index contributed by atoms with van der Waals surface area (Å²) >= 11 is 0. The number of methoxy groups -OCH3 is 1. The number of anilines is 2. The Kier molecular flexibility index (Phi) is 3.75. The number of hydrogen-bond acceptors (Lipinski definition) is 5. The Bertz CT molecular complexity index is 644. The molecule has 2 aromatic rings. The first kappa shape index (κ1) is 13.8. The van der Waals surface area contributed by atoms with Gasteiger partial charge in [-0.15, -0.1) is 0 Å². The van der Waals surface area contributed by atoms with Gasteiger partial charge in [0.05, 0.1) is 12.7 Å². The first-order chi connectivity index (χ1) is 10.3. The Hall–Kier alpha value is -2.14. The third-order valence-electron chi connectivity index (χ3n) is 4.05. The van der Waals surface area contributed by atoms with Crippen LogP contribution in [0.5, 0.6) is 5.88 Å². The lowest BCUT2D eigenvalue weighted by atomic mass is 9.98. The summed E-state index contributed by atoms with van der Waals surface area (Å²) in [6, 6.07) is 8.47. The number of rotatable bonds is 4. The molecule has 5 nitrogen and oxygen atoms in total. The minimum absolute atomic E-state index is 0.451. The lowest BCUT2D eigenvalue weighted by molar-refractivity contribution is 0.393. The van der Waals surface area contributed by atoms with Crippen LogP contribution in [0.25, 0.3) is 0 Å². The minimum Gasteiger partial charge on any atom is -0.481 e. The van der Waals surface area contributed by atoms with E-state index in [1.807, 2.05) is 6.92 Å². The fraction of sp³-hybridized carbons (Fsp3) is 0.375. The maximum absolute atomic E-state index is 5.76. The molecule has 0 bridgehead atoms. The van der Waals surface area contributed by atoms with E-state index in [9.17, 15) is 0 Å². The molecule has 1 aliphatic rings. The van der Waals surface area contributed by atoms with E-state index in [1.54, 1.807) is 13.4 Å². The fourth-order valence-electron chi connectivity index (χ4n) is 3.05. The van der Waals surface area contributed by atoms with Gasteiger partial charge in [-0.3, -0.25) is 0 Å². The molecule has 1 atom stereocenters. The molecule has 0 spiro atoms. The van der Waals surface area contributed by atoms with Crippen LogP contribution in [0.2, 0.25) is 0 Å². The highest BCUT2D eigenvalue weighted by atomic mass is 16.5. The van der Waals surface area contributed by atoms with Crippen LogP contribution >= 0.6 is 0 Å². The highest BCUT2D eigenvalue weighted by Gasteiger charge is 2.30. The van der Waals surface area contributed by atoms with E-state index in [-0.39, 0.29) is 0 Å². The van der Waals surface area contributed by atoms with Gasteiger partial charge in [-0.25, -0.2) is 9.97 Å². The van der Waals surface area contributed by atoms with E-state index < -0.39 is 0 Å². The van der Waals surface area contributed by atoms with Crippen molar-refractivity contribution in [1.82, 2.24) is 9.97 Å². The first-order valence-corrected chi connectivity index (χ1v) is 7.18. The average Bonchev–Trinajstić information content (AvgIpc) is 2.87. The van der Waals surface area contributed by atoms with Crippen molar-refractivity contribution in [1.29, 1.82) is 0 Å². The zero-order chi connectivity index (χ0) is 14.8. The molecular formula is C16H20N4O. The van der Waals surface area contributed by atoms with E-state index in [2.05, 4.69) is 39.1 Å². The maximum atomic E-state index is 5.76. The molecule has 0 aliphatic carbocycles. The summed E-state index contributed by atoms with van der Waals surface area (Å²) in [6.07, 6.45) is 2.54. The Balaban J connectivity index is 2.05. The number of nitrogens with zero attached hydrogens (tertiary/aromatic N) is 3. The highest BCUT2D eigenvalue weighted by Crippen LogP contribution is 2.42. The topological polar surface area (TPSA) is 64.3 Å². The summed E-state index contributed by atoms with van der Waals surface area (Å²) < 4.78 is 5.31. The summed E-state index contributed by atoms with van der Waals surface area (Å²) in [7, 11) is 1.63. The SMILES string of the molecule is COc1ncnc(N2CC(CCN)c3ccccc32)c1C. The van der Waals surface area contributed by atoms with Crippen LogP contribution in [0.15, 0.2) is 30.6 Å². The van der Waals surface area contributed by atoms with Crippen molar-refractivity contribution in [2.45, 2.75) is 19.3 Å². The van der Waals surface area contributed by atoms with Crippen molar-refractivity contribution >= 4 is 11.5 Å². The molecule has 5 heteroatoms. The van der Waals surface area contributed by atoms with E-state index in [4.69, 9.17) is 10.5 Å².